The molecule has 1 fully saturated rings. The predicted octanol–water partition coefficient (Wildman–Crippen LogP) is -2.06. The van der Waals surface area contributed by atoms with Crippen LogP contribution in [-0.2, 0) is 15.2 Å². The van der Waals surface area contributed by atoms with Crippen LogP contribution in [0.3, 0.4) is 0 Å². The van der Waals surface area contributed by atoms with E-state index in [0.29, 0.717) is 5.56 Å². The first kappa shape index (κ1) is 16.8. The molecule has 0 saturated carbocycles. The van der Waals surface area contributed by atoms with Gasteiger partial charge in [-0.1, -0.05) is 0 Å². The maximum Gasteiger partial charge on any atom is 0.351 e. The Bertz CT molecular complexity index is 592. The van der Waals surface area contributed by atoms with Crippen LogP contribution >= 0.6 is 0 Å². The molecule has 4 atom stereocenters. The van der Waals surface area contributed by atoms with Crippen molar-refractivity contribution in [3.8, 4) is 0 Å². The van der Waals surface area contributed by atoms with Gasteiger partial charge in [-0.25, -0.2) is 4.79 Å². The van der Waals surface area contributed by atoms with Gasteiger partial charge in [0.15, 0.2) is 5.72 Å². The topological polar surface area (TPSA) is 140 Å². The van der Waals surface area contributed by atoms with Gasteiger partial charge in [0.2, 0.25) is 0 Å². The molecular weight excluding hydrogens is 294 g/mol. The minimum Gasteiger partial charge on any atom is -0.394 e. The first-order chi connectivity index (χ1) is 10.4. The summed E-state index contributed by atoms with van der Waals surface area (Å²) in [5.41, 5.74) is 3.83. The third-order valence-electron chi connectivity index (χ3n) is 3.92. The third kappa shape index (κ3) is 2.61. The molecule has 1 aromatic rings. The highest BCUT2D eigenvalue weighted by atomic mass is 16.6. The quantitative estimate of drug-likeness (QED) is 0.486. The number of nitrogen functional groups attached to an aromatic ring is 1. The van der Waals surface area contributed by atoms with E-state index in [4.69, 9.17) is 15.2 Å². The van der Waals surface area contributed by atoms with Crippen LogP contribution < -0.4 is 11.4 Å². The third-order valence-corrected chi connectivity index (χ3v) is 3.92. The Hall–Kier alpha value is -1.52. The molecule has 0 spiro atoms. The van der Waals surface area contributed by atoms with Gasteiger partial charge in [-0.3, -0.25) is 4.57 Å². The van der Waals surface area contributed by atoms with Crippen LogP contribution in [0.5, 0.6) is 0 Å². The average molecular weight is 315 g/mol. The molecular formula is C13H21N3O6. The number of aromatic nitrogens is 2. The van der Waals surface area contributed by atoms with Crippen molar-refractivity contribution >= 4 is 5.82 Å². The number of anilines is 1. The number of nitrogens with zero attached hydrogens (tertiary/aromatic N) is 2. The summed E-state index contributed by atoms with van der Waals surface area (Å²) in [6.45, 7) is 1.32. The van der Waals surface area contributed by atoms with Crippen LogP contribution in [0.1, 0.15) is 12.0 Å². The van der Waals surface area contributed by atoms with Crippen molar-refractivity contribution in [2.75, 3.05) is 26.1 Å². The number of hydrogen-bond donors (Lipinski definition) is 4. The number of nitrogens with two attached hydrogens (primary N) is 1. The van der Waals surface area contributed by atoms with Gasteiger partial charge in [0.1, 0.15) is 24.1 Å². The number of aryl methyl sites for hydroxylation is 1. The van der Waals surface area contributed by atoms with Gasteiger partial charge in [0, 0.05) is 25.3 Å². The zero-order valence-corrected chi connectivity index (χ0v) is 12.5. The molecule has 124 valence electrons. The summed E-state index contributed by atoms with van der Waals surface area (Å²) < 4.78 is 11.7. The fourth-order valence-corrected chi connectivity index (χ4v) is 2.62. The van der Waals surface area contributed by atoms with Gasteiger partial charge in [-0.2, -0.15) is 4.98 Å². The summed E-state index contributed by atoms with van der Waals surface area (Å²) >= 11 is 0. The lowest BCUT2D eigenvalue weighted by Crippen LogP contribution is -2.51. The maximum atomic E-state index is 12.2. The molecule has 9 nitrogen and oxygen atoms in total. The van der Waals surface area contributed by atoms with Crippen molar-refractivity contribution < 1.29 is 24.8 Å². The summed E-state index contributed by atoms with van der Waals surface area (Å²) in [7, 11) is 1.46. The molecule has 0 aliphatic carbocycles. The summed E-state index contributed by atoms with van der Waals surface area (Å²) in [5.74, 6) is 0.0786. The molecule has 0 unspecified atom stereocenters. The van der Waals surface area contributed by atoms with E-state index in [-0.39, 0.29) is 18.8 Å². The van der Waals surface area contributed by atoms with Crippen LogP contribution in [-0.4, -0.2) is 63.5 Å². The standard InChI is InChI=1S/C13H21N3O6/c1-7-5-16(12(20)15-11(7)14)13(3-4-21-2)10(19)9(18)8(6-17)22-13/h5,8-10,17-19H,3-4,6H2,1-2H3,(H2,14,15,20)/t8-,9-,10-,13-/m1/s1. The van der Waals surface area contributed by atoms with Gasteiger partial charge < -0.3 is 30.5 Å². The molecule has 1 aliphatic rings. The lowest BCUT2D eigenvalue weighted by atomic mass is 9.99. The second-order valence-corrected chi connectivity index (χ2v) is 5.32. The Kier molecular flexibility index (Phi) is 4.83. The molecule has 0 bridgehead atoms. The van der Waals surface area contributed by atoms with E-state index in [1.807, 2.05) is 0 Å². The largest absolute Gasteiger partial charge is 0.394 e. The number of methoxy groups -OCH3 is 1. The van der Waals surface area contributed by atoms with E-state index in [0.717, 1.165) is 4.57 Å². The first-order valence-electron chi connectivity index (χ1n) is 6.87. The zero-order valence-electron chi connectivity index (χ0n) is 12.5. The minimum atomic E-state index is -1.58. The van der Waals surface area contributed by atoms with Crippen LogP contribution in [0.4, 0.5) is 5.82 Å². The summed E-state index contributed by atoms with van der Waals surface area (Å²) in [6, 6.07) is 0. The molecule has 1 aliphatic heterocycles. The Morgan fingerprint density at radius 2 is 2.23 bits per heavy atom. The Morgan fingerprint density at radius 1 is 1.55 bits per heavy atom. The van der Waals surface area contributed by atoms with E-state index < -0.39 is 36.3 Å². The number of hydrogen-bond acceptors (Lipinski definition) is 8. The van der Waals surface area contributed by atoms with Gasteiger partial charge >= 0.3 is 5.69 Å². The van der Waals surface area contributed by atoms with Crippen molar-refractivity contribution in [1.29, 1.82) is 0 Å². The number of rotatable bonds is 5. The van der Waals surface area contributed by atoms with E-state index in [1.54, 1.807) is 6.92 Å². The van der Waals surface area contributed by atoms with E-state index in [1.165, 1.54) is 13.3 Å². The van der Waals surface area contributed by atoms with E-state index >= 15 is 0 Å². The Balaban J connectivity index is 2.56. The fraction of sp³-hybridized carbons (Fsp3) is 0.692. The molecule has 5 N–H and O–H groups in total. The molecule has 22 heavy (non-hydrogen) atoms. The molecule has 1 saturated heterocycles. The van der Waals surface area contributed by atoms with Crippen LogP contribution in [0, 0.1) is 6.92 Å². The van der Waals surface area contributed by atoms with Crippen molar-refractivity contribution in [2.45, 2.75) is 37.4 Å². The smallest absolute Gasteiger partial charge is 0.351 e. The highest BCUT2D eigenvalue weighted by Gasteiger charge is 2.55. The second-order valence-electron chi connectivity index (χ2n) is 5.32. The Labute approximate surface area is 126 Å². The normalized spacial score (nSPS) is 31.6. The fourth-order valence-electron chi connectivity index (χ4n) is 2.62. The zero-order chi connectivity index (χ0) is 16.5. The monoisotopic (exact) mass is 315 g/mol. The number of aliphatic hydroxyl groups is 3. The maximum absolute atomic E-state index is 12.2. The number of ether oxygens (including phenoxy) is 2. The molecule has 9 heteroatoms. The lowest BCUT2D eigenvalue weighted by Gasteiger charge is -2.34. The average Bonchev–Trinajstić information content (AvgIpc) is 2.74. The van der Waals surface area contributed by atoms with Crippen molar-refractivity contribution in [1.82, 2.24) is 9.55 Å². The van der Waals surface area contributed by atoms with Gasteiger partial charge in [0.05, 0.1) is 13.2 Å². The molecule has 0 amide bonds. The van der Waals surface area contributed by atoms with Crippen LogP contribution in [0.15, 0.2) is 11.0 Å². The van der Waals surface area contributed by atoms with Crippen molar-refractivity contribution in [2.24, 2.45) is 0 Å². The molecule has 2 rings (SSSR count). The van der Waals surface area contributed by atoms with Gasteiger partial charge in [-0.05, 0) is 6.92 Å². The first-order valence-corrected chi connectivity index (χ1v) is 6.87. The van der Waals surface area contributed by atoms with E-state index in [2.05, 4.69) is 4.98 Å². The molecule has 0 radical (unpaired) electrons. The van der Waals surface area contributed by atoms with Crippen LogP contribution in [0.2, 0.25) is 0 Å². The highest BCUT2D eigenvalue weighted by molar-refractivity contribution is 5.35. The van der Waals surface area contributed by atoms with Gasteiger partial charge in [-0.15, -0.1) is 0 Å². The summed E-state index contributed by atoms with van der Waals surface area (Å²) in [4.78, 5) is 15.9. The number of aliphatic hydroxyl groups excluding tert-OH is 3. The molecule has 0 aromatic carbocycles. The van der Waals surface area contributed by atoms with Crippen molar-refractivity contribution in [3.05, 3.63) is 22.2 Å². The summed E-state index contributed by atoms with van der Waals surface area (Å²) in [6.07, 6.45) is -2.29. The van der Waals surface area contributed by atoms with Crippen molar-refractivity contribution in [3.63, 3.8) is 0 Å². The highest BCUT2D eigenvalue weighted by Crippen LogP contribution is 2.37. The predicted molar refractivity (Wildman–Crippen MR) is 76.1 cm³/mol. The lowest BCUT2D eigenvalue weighted by molar-refractivity contribution is -0.161. The minimum absolute atomic E-state index is 0.0786. The Morgan fingerprint density at radius 3 is 2.77 bits per heavy atom. The van der Waals surface area contributed by atoms with Crippen LogP contribution in [0.25, 0.3) is 0 Å². The van der Waals surface area contributed by atoms with Gasteiger partial charge in [0.25, 0.3) is 0 Å². The van der Waals surface area contributed by atoms with E-state index in [9.17, 15) is 20.1 Å². The summed E-state index contributed by atoms with van der Waals surface area (Å²) in [5, 5.41) is 29.7. The molecule has 1 aromatic heterocycles. The second kappa shape index (κ2) is 6.31. The molecule has 2 heterocycles. The SMILES string of the molecule is COCC[C@@]1(n2cc(C)c(N)nc2=O)O[C@H](CO)[C@@H](O)[C@H]1O.